The molecule has 0 saturated carbocycles. The van der Waals surface area contributed by atoms with Gasteiger partial charge in [-0.25, -0.2) is 4.98 Å². The Bertz CT molecular complexity index is 6680. The van der Waals surface area contributed by atoms with E-state index in [9.17, 15) is 39.8 Å². The van der Waals surface area contributed by atoms with E-state index in [1.165, 1.54) is 0 Å². The zero-order valence-corrected chi connectivity index (χ0v) is 35.7. The highest BCUT2D eigenvalue weighted by molar-refractivity contribution is 7.21. The minimum absolute atomic E-state index is 0.588. The molecule has 0 amide bonds. The van der Waals surface area contributed by atoms with Crippen LogP contribution >= 0.6 is 0 Å². The molecule has 1 unspecified atom stereocenters. The highest BCUT2D eigenvalue weighted by Crippen LogP contribution is 2.39. The zero-order chi connectivity index (χ0) is 80.7. The quantitative estimate of drug-likeness (QED) is 0.156. The van der Waals surface area contributed by atoms with E-state index in [0.29, 0.717) is 9.13 Å². The van der Waals surface area contributed by atoms with Crippen molar-refractivity contribution in [2.24, 2.45) is 0 Å². The van der Waals surface area contributed by atoms with Crippen LogP contribution in [0.3, 0.4) is 0 Å². The molecule has 7 heteroatoms. The molecule has 0 saturated heterocycles. The van der Waals surface area contributed by atoms with Gasteiger partial charge >= 0.3 is 0 Å². The zero-order valence-electron chi connectivity index (χ0n) is 74.7. The van der Waals surface area contributed by atoms with Gasteiger partial charge in [0.25, 0.3) is 0 Å². The van der Waals surface area contributed by atoms with Crippen molar-refractivity contribution in [2.75, 3.05) is 0 Å². The van der Waals surface area contributed by atoms with E-state index >= 15 is 0 Å². The third kappa shape index (κ3) is 5.35. The maximum Gasteiger partial charge on any atom is 0.238 e. The molecule has 0 bridgehead atoms. The van der Waals surface area contributed by atoms with Crippen molar-refractivity contribution in [1.29, 1.82) is 0 Å². The summed E-state index contributed by atoms with van der Waals surface area (Å²) in [4.78, 5) is 13.9. The van der Waals surface area contributed by atoms with Gasteiger partial charge in [-0.3, -0.25) is 4.57 Å². The summed E-state index contributed by atoms with van der Waals surface area (Å²) < 4.78 is 380. The van der Waals surface area contributed by atoms with Gasteiger partial charge in [-0.2, -0.15) is 9.97 Å². The molecule has 10 aromatic carbocycles. The van der Waals surface area contributed by atoms with Crippen LogP contribution in [0.4, 0.5) is 0 Å². The maximum atomic E-state index is 11.0. The van der Waals surface area contributed by atoms with E-state index in [4.69, 9.17) is 15.1 Å². The molecule has 326 valence electrons. The van der Waals surface area contributed by atoms with E-state index < -0.39 is 376 Å². The van der Waals surface area contributed by atoms with E-state index in [2.05, 4.69) is 15.0 Å². The predicted molar refractivity (Wildman–Crippen MR) is 291 cm³/mol. The second-order valence-electron chi connectivity index (χ2n) is 15.3. The average Bonchev–Trinajstić information content (AvgIpc) is 1.31. The number of hydrogen-bond donors (Lipinski definition) is 0. The Balaban J connectivity index is 1.24. The van der Waals surface area contributed by atoms with Crippen molar-refractivity contribution in [3.05, 3.63) is 242 Å². The lowest BCUT2D eigenvalue weighted by Crippen LogP contribution is -2.76. The van der Waals surface area contributed by atoms with Crippen molar-refractivity contribution >= 4 is 94.2 Å². The van der Waals surface area contributed by atoms with Crippen LogP contribution < -0.4 is 20.7 Å². The molecule has 0 radical (unpaired) electrons. The highest BCUT2D eigenvalue weighted by Gasteiger charge is 2.47. The van der Waals surface area contributed by atoms with Gasteiger partial charge in [0.1, 0.15) is 0 Å². The summed E-state index contributed by atoms with van der Waals surface area (Å²) in [5.74, 6) is -3.77. The molecule has 1 aliphatic rings. The van der Waals surface area contributed by atoms with Gasteiger partial charge in [-0.1, -0.05) is 193 Å². The molecule has 5 heterocycles. The first-order valence-corrected chi connectivity index (χ1v) is 22.6. The van der Waals surface area contributed by atoms with Gasteiger partial charge in [0.15, 0.2) is 19.7 Å². The summed E-state index contributed by atoms with van der Waals surface area (Å²) in [5, 5.41) is -8.40. The summed E-state index contributed by atoms with van der Waals surface area (Å²) in [7, 11) is -6.56. The first-order valence-electron chi connectivity index (χ1n) is 40.6. The molecule has 0 aliphatic carbocycles. The van der Waals surface area contributed by atoms with Crippen molar-refractivity contribution in [3.63, 3.8) is 0 Å². The van der Waals surface area contributed by atoms with Crippen LogP contribution in [0.15, 0.2) is 242 Å². The lowest BCUT2D eigenvalue weighted by Gasteiger charge is -2.39. The van der Waals surface area contributed by atoms with E-state index in [-0.39, 0.29) is 0 Å². The highest BCUT2D eigenvalue weighted by atomic mass is 28.3. The Morgan fingerprint density at radius 1 is 0.329 bits per heavy atom. The Kier molecular flexibility index (Phi) is 3.52. The monoisotopic (exact) mass is 949 g/mol. The fourth-order valence-electron chi connectivity index (χ4n) is 9.23. The first kappa shape index (κ1) is 16.5. The standard InChI is InChI=1S/C63H40N6Si/c1-2-21-42(22-3-1)70(58-38-17-16-37-57(58)68-53-33-12-8-28-48(53)49-30-19-39-59(70)60(49)68)43-23-18-20-41(40-43)61-64-62(66-63(65-61)69-54-34-13-6-26-46(54)47-27-7-14-35-55(47)69)50-29-9-15-36-56(50)67-51-31-10-4-24-44(51)45-25-5-11-32-52(45)67/h1-40H/i1D,2D,3D,4D,5D,6D,7D,8D,9D,10D,11D,12D,13D,14D,15D,16D,17D,18D,19D,20D,21D,22D,23D,24D,25D,26D,27D,28D,29D,30D,31D,32D,33D,34D,35D,36D,37D,38D,39D,40D. The third-order valence-corrected chi connectivity index (χ3v) is 16.2. The van der Waals surface area contributed by atoms with Crippen LogP contribution in [0.25, 0.3) is 106 Å². The SMILES string of the molecule is [2H]c1c([2H])c([2H])c([Si]2(c3c([2H])c([2H])c([2H])c(-c4nc(-c5c([2H])c([2H])c([2H])c([2H])c5-n5c6c([2H])c([2H])c([2H])c([2H])c6c6c([2H])c([2H])c([2H])c([2H])c65)nc(-n5c6c([2H])c([2H])c([2H])c([2H])c6c6c([2H])c([2H])c([2H])c([2H])c65)n4)c3[2H])c3c([2H])c([2H])c([2H])c([2H])c3-n3c4c([2H])c([2H])c([2H])c([2H])c4c4c([2H])c([2H])c([2H])c2c43)c([2H])c1[2H]. The fraction of sp³-hybridized carbons (Fsp3) is 0. The van der Waals surface area contributed by atoms with Crippen LogP contribution in [0, 0.1) is 0 Å². The fourth-order valence-corrected chi connectivity index (χ4v) is 13.4. The Hall–Kier alpha value is -9.17. The van der Waals surface area contributed by atoms with Crippen molar-refractivity contribution < 1.29 is 54.8 Å². The van der Waals surface area contributed by atoms with E-state index in [1.807, 2.05) is 0 Å². The van der Waals surface area contributed by atoms with Gasteiger partial charge < -0.3 is 9.13 Å². The summed E-state index contributed by atoms with van der Waals surface area (Å²) in [5.41, 5.74) is -9.07. The summed E-state index contributed by atoms with van der Waals surface area (Å²) in [6.07, 6.45) is 0. The lowest BCUT2D eigenvalue weighted by molar-refractivity contribution is 0.952. The lowest BCUT2D eigenvalue weighted by atomic mass is 10.1. The molecular weight excluding hydrogens is 869 g/mol. The smallest absolute Gasteiger partial charge is 0.238 e. The van der Waals surface area contributed by atoms with Crippen molar-refractivity contribution in [2.45, 2.75) is 0 Å². The molecule has 0 N–H and O–H groups in total. The molecule has 0 fully saturated rings. The molecule has 6 nitrogen and oxygen atoms in total. The topological polar surface area (TPSA) is 53.5 Å². The second-order valence-corrected chi connectivity index (χ2v) is 18.8. The van der Waals surface area contributed by atoms with Crippen LogP contribution in [0.1, 0.15) is 54.8 Å². The van der Waals surface area contributed by atoms with Crippen LogP contribution in [0.5, 0.6) is 0 Å². The number of nitrogens with zero attached hydrogens (tertiary/aromatic N) is 6. The normalized spacial score (nSPS) is 22.3. The molecule has 4 aromatic heterocycles. The largest absolute Gasteiger partial charge is 0.309 e. The van der Waals surface area contributed by atoms with Crippen LogP contribution in [-0.2, 0) is 0 Å². The third-order valence-electron chi connectivity index (χ3n) is 12.0. The number of hydrogen-bond acceptors (Lipinski definition) is 3. The average molecular weight is 949 g/mol. The molecule has 0 spiro atoms. The summed E-state index contributed by atoms with van der Waals surface area (Å²) >= 11 is 0. The number of fused-ring (bicyclic) bond motifs is 11. The van der Waals surface area contributed by atoms with Crippen LogP contribution in [-0.4, -0.2) is 36.7 Å². The minimum atomic E-state index is -6.56. The van der Waals surface area contributed by atoms with Gasteiger partial charge in [0, 0.05) is 49.1 Å². The first-order chi connectivity index (χ1) is 51.4. The van der Waals surface area contributed by atoms with Crippen LogP contribution in [0.2, 0.25) is 0 Å². The van der Waals surface area contributed by atoms with Crippen molar-refractivity contribution in [3.8, 4) is 40.1 Å². The van der Waals surface area contributed by atoms with Crippen molar-refractivity contribution in [1.82, 2.24) is 28.7 Å². The number of benzene rings is 10. The molecule has 1 aliphatic heterocycles. The number of para-hydroxylation sites is 8. The predicted octanol–water partition coefficient (Wildman–Crippen LogP) is 12.2. The summed E-state index contributed by atoms with van der Waals surface area (Å²) in [6, 6.07) is -45.2. The van der Waals surface area contributed by atoms with Gasteiger partial charge in [0.2, 0.25) is 5.95 Å². The van der Waals surface area contributed by atoms with Gasteiger partial charge in [0.05, 0.1) is 93.6 Å². The van der Waals surface area contributed by atoms with Gasteiger partial charge in [-0.15, -0.1) is 0 Å². The molecule has 1 atom stereocenters. The number of rotatable bonds is 6. The molecular formula is C63H40N6Si. The molecule has 70 heavy (non-hydrogen) atoms. The second kappa shape index (κ2) is 14.9. The minimum Gasteiger partial charge on any atom is -0.309 e. The Morgan fingerprint density at radius 2 is 0.786 bits per heavy atom. The van der Waals surface area contributed by atoms with E-state index in [0.717, 1.165) is 4.57 Å². The Labute approximate surface area is 459 Å². The maximum absolute atomic E-state index is 11.0. The van der Waals surface area contributed by atoms with Gasteiger partial charge in [-0.05, 0) is 69.1 Å². The Morgan fingerprint density at radius 3 is 1.44 bits per heavy atom. The molecule has 15 rings (SSSR count). The molecule has 14 aromatic rings. The van der Waals surface area contributed by atoms with E-state index in [1.54, 1.807) is 0 Å². The summed E-state index contributed by atoms with van der Waals surface area (Å²) in [6.45, 7) is 0. The number of aromatic nitrogens is 6.